The Bertz CT molecular complexity index is 323. The molecule has 0 heterocycles. The summed E-state index contributed by atoms with van der Waals surface area (Å²) in [6.45, 7) is 3.92. The minimum atomic E-state index is -0.757. The van der Waals surface area contributed by atoms with Gasteiger partial charge in [0, 0.05) is 12.3 Å². The number of hydrogen-bond acceptors (Lipinski definition) is 2. The Labute approximate surface area is 96.2 Å². The van der Waals surface area contributed by atoms with Gasteiger partial charge in [0.1, 0.15) is 5.78 Å². The van der Waals surface area contributed by atoms with Gasteiger partial charge in [-0.2, -0.15) is 0 Å². The summed E-state index contributed by atoms with van der Waals surface area (Å²) in [5.74, 6) is -0.756. The van der Waals surface area contributed by atoms with Gasteiger partial charge in [0.25, 0.3) is 0 Å². The second-order valence-electron chi connectivity index (χ2n) is 5.78. The van der Waals surface area contributed by atoms with Crippen molar-refractivity contribution in [2.24, 2.45) is 23.2 Å². The summed E-state index contributed by atoms with van der Waals surface area (Å²) in [6.07, 6.45) is 4.65. The van der Waals surface area contributed by atoms with Crippen LogP contribution in [-0.4, -0.2) is 16.9 Å². The van der Waals surface area contributed by atoms with E-state index in [4.69, 9.17) is 5.11 Å². The minimum absolute atomic E-state index is 0.00681. The number of carbonyl (C=O) groups excluding carboxylic acids is 1. The van der Waals surface area contributed by atoms with Gasteiger partial charge in [0.05, 0.1) is 5.92 Å². The van der Waals surface area contributed by atoms with Gasteiger partial charge >= 0.3 is 5.97 Å². The van der Waals surface area contributed by atoms with Gasteiger partial charge in [-0.05, 0) is 37.0 Å². The van der Waals surface area contributed by atoms with Crippen LogP contribution in [0.1, 0.15) is 46.0 Å². The van der Waals surface area contributed by atoms with Gasteiger partial charge in [-0.1, -0.05) is 13.8 Å². The van der Waals surface area contributed by atoms with E-state index < -0.39 is 5.97 Å². The predicted octanol–water partition coefficient (Wildman–Crippen LogP) is 2.49. The van der Waals surface area contributed by atoms with E-state index in [1.807, 2.05) is 0 Å². The first-order valence-electron chi connectivity index (χ1n) is 6.21. The molecule has 0 radical (unpaired) electrons. The number of fused-ring (bicyclic) bond motifs is 1. The van der Waals surface area contributed by atoms with Crippen LogP contribution in [0.15, 0.2) is 0 Å². The summed E-state index contributed by atoms with van der Waals surface area (Å²) in [6, 6.07) is 0. The molecule has 0 aromatic rings. The highest BCUT2D eigenvalue weighted by Gasteiger charge is 2.52. The third kappa shape index (κ3) is 1.66. The molecule has 2 aliphatic rings. The van der Waals surface area contributed by atoms with Crippen molar-refractivity contribution in [3.63, 3.8) is 0 Å². The van der Waals surface area contributed by atoms with Crippen molar-refractivity contribution in [3.8, 4) is 0 Å². The maximum atomic E-state index is 12.0. The normalized spacial score (nSPS) is 40.5. The number of ketones is 1. The fraction of sp³-hybridized carbons (Fsp3) is 0.846. The van der Waals surface area contributed by atoms with Crippen LogP contribution in [0.5, 0.6) is 0 Å². The van der Waals surface area contributed by atoms with E-state index in [9.17, 15) is 9.59 Å². The molecule has 0 spiro atoms. The Morgan fingerprint density at radius 3 is 2.81 bits per heavy atom. The number of Topliss-reactive ketones (excluding diaryl/α,β-unsaturated/α-hetero) is 1. The summed E-state index contributed by atoms with van der Waals surface area (Å²) in [4.78, 5) is 23.1. The van der Waals surface area contributed by atoms with Crippen molar-refractivity contribution in [3.05, 3.63) is 0 Å². The monoisotopic (exact) mass is 224 g/mol. The molecule has 0 amide bonds. The van der Waals surface area contributed by atoms with Crippen LogP contribution < -0.4 is 0 Å². The number of aliphatic carboxylic acids is 1. The van der Waals surface area contributed by atoms with Gasteiger partial charge in [-0.3, -0.25) is 9.59 Å². The van der Waals surface area contributed by atoms with Crippen molar-refractivity contribution in [1.82, 2.24) is 0 Å². The lowest BCUT2D eigenvalue weighted by Crippen LogP contribution is -2.39. The fourth-order valence-corrected chi connectivity index (χ4v) is 3.79. The molecule has 2 rings (SSSR count). The largest absolute Gasteiger partial charge is 0.481 e. The maximum Gasteiger partial charge on any atom is 0.306 e. The molecule has 1 N–H and O–H groups in total. The molecule has 0 unspecified atom stereocenters. The van der Waals surface area contributed by atoms with Crippen LogP contribution in [0.3, 0.4) is 0 Å². The Balaban J connectivity index is 2.24. The molecule has 0 aliphatic heterocycles. The van der Waals surface area contributed by atoms with Crippen molar-refractivity contribution in [1.29, 1.82) is 0 Å². The van der Waals surface area contributed by atoms with E-state index in [-0.39, 0.29) is 23.2 Å². The molecule has 3 nitrogen and oxygen atoms in total. The standard InChI is InChI=1S/C13H20O3/c1-8(12(15)16)9-5-7-13(2)6-3-4-10(14)11(9)13/h8-9,11H,3-7H2,1-2H3,(H,15,16)/t8-,9+,11-,13-/m0/s1. The lowest BCUT2D eigenvalue weighted by molar-refractivity contribution is -0.145. The summed E-state index contributed by atoms with van der Waals surface area (Å²) < 4.78 is 0. The fourth-order valence-electron chi connectivity index (χ4n) is 3.79. The van der Waals surface area contributed by atoms with Crippen LogP contribution in [-0.2, 0) is 9.59 Å². The molecular formula is C13H20O3. The van der Waals surface area contributed by atoms with E-state index >= 15 is 0 Å². The van der Waals surface area contributed by atoms with Crippen LogP contribution in [0.2, 0.25) is 0 Å². The predicted molar refractivity (Wildman–Crippen MR) is 60.0 cm³/mol. The first-order valence-corrected chi connectivity index (χ1v) is 6.21. The number of carbonyl (C=O) groups is 2. The quantitative estimate of drug-likeness (QED) is 0.784. The van der Waals surface area contributed by atoms with Gasteiger partial charge in [0.2, 0.25) is 0 Å². The average molecular weight is 224 g/mol. The van der Waals surface area contributed by atoms with Gasteiger partial charge < -0.3 is 5.11 Å². The SMILES string of the molecule is C[C@H](C(=O)O)[C@H]1CC[C@]2(C)CCCC(=O)[C@H]12. The molecule has 0 saturated heterocycles. The van der Waals surface area contributed by atoms with Crippen LogP contribution in [0.4, 0.5) is 0 Å². The molecule has 90 valence electrons. The zero-order valence-electron chi connectivity index (χ0n) is 10.0. The van der Waals surface area contributed by atoms with E-state index in [1.165, 1.54) is 0 Å². The Hall–Kier alpha value is -0.860. The van der Waals surface area contributed by atoms with Crippen molar-refractivity contribution in [2.45, 2.75) is 46.0 Å². The van der Waals surface area contributed by atoms with Gasteiger partial charge in [-0.15, -0.1) is 0 Å². The highest BCUT2D eigenvalue weighted by Crippen LogP contribution is 2.55. The van der Waals surface area contributed by atoms with Crippen molar-refractivity contribution in [2.75, 3.05) is 0 Å². The van der Waals surface area contributed by atoms with Crippen molar-refractivity contribution >= 4 is 11.8 Å². The van der Waals surface area contributed by atoms with Gasteiger partial charge in [-0.25, -0.2) is 0 Å². The molecular weight excluding hydrogens is 204 g/mol. The third-order valence-electron chi connectivity index (χ3n) is 4.78. The highest BCUT2D eigenvalue weighted by atomic mass is 16.4. The zero-order chi connectivity index (χ0) is 11.9. The van der Waals surface area contributed by atoms with Crippen LogP contribution in [0.25, 0.3) is 0 Å². The van der Waals surface area contributed by atoms with E-state index in [0.29, 0.717) is 12.2 Å². The lowest BCUT2D eigenvalue weighted by atomic mass is 9.65. The smallest absolute Gasteiger partial charge is 0.306 e. The topological polar surface area (TPSA) is 54.4 Å². The molecule has 16 heavy (non-hydrogen) atoms. The molecule has 3 heteroatoms. The van der Waals surface area contributed by atoms with Crippen LogP contribution >= 0.6 is 0 Å². The number of hydrogen-bond donors (Lipinski definition) is 1. The maximum absolute atomic E-state index is 12.0. The summed E-state index contributed by atoms with van der Waals surface area (Å²) in [5, 5.41) is 9.09. The second kappa shape index (κ2) is 3.86. The Kier molecular flexibility index (Phi) is 2.81. The molecule has 2 aliphatic carbocycles. The van der Waals surface area contributed by atoms with Gasteiger partial charge in [0.15, 0.2) is 0 Å². The summed E-state index contributed by atoms with van der Waals surface area (Å²) in [7, 11) is 0. The van der Waals surface area contributed by atoms with E-state index in [0.717, 1.165) is 25.7 Å². The zero-order valence-corrected chi connectivity index (χ0v) is 10.0. The molecule has 4 atom stereocenters. The minimum Gasteiger partial charge on any atom is -0.481 e. The number of rotatable bonds is 2. The summed E-state index contributed by atoms with van der Waals surface area (Å²) in [5.41, 5.74) is 0.0870. The Morgan fingerprint density at radius 2 is 2.19 bits per heavy atom. The molecule has 0 aromatic carbocycles. The molecule has 0 bridgehead atoms. The lowest BCUT2D eigenvalue weighted by Gasteiger charge is -2.38. The highest BCUT2D eigenvalue weighted by molar-refractivity contribution is 5.84. The Morgan fingerprint density at radius 1 is 1.50 bits per heavy atom. The third-order valence-corrected chi connectivity index (χ3v) is 4.78. The molecule has 2 saturated carbocycles. The number of carboxylic acids is 1. The van der Waals surface area contributed by atoms with E-state index in [2.05, 4.69) is 6.92 Å². The number of carboxylic acid groups (broad SMARTS) is 1. The van der Waals surface area contributed by atoms with E-state index in [1.54, 1.807) is 6.92 Å². The summed E-state index contributed by atoms with van der Waals surface area (Å²) >= 11 is 0. The van der Waals surface area contributed by atoms with Crippen molar-refractivity contribution < 1.29 is 14.7 Å². The average Bonchev–Trinajstić information content (AvgIpc) is 2.55. The molecule has 0 aromatic heterocycles. The van der Waals surface area contributed by atoms with Crippen LogP contribution in [0, 0.1) is 23.2 Å². The second-order valence-corrected chi connectivity index (χ2v) is 5.78. The molecule has 2 fully saturated rings. The first kappa shape index (κ1) is 11.6. The first-order chi connectivity index (χ1) is 7.46.